The van der Waals surface area contributed by atoms with Gasteiger partial charge in [-0.25, -0.2) is 4.79 Å². The molecule has 0 aliphatic heterocycles. The van der Waals surface area contributed by atoms with Crippen molar-refractivity contribution in [2.45, 2.75) is 32.1 Å². The van der Waals surface area contributed by atoms with Crippen molar-refractivity contribution in [1.29, 1.82) is 0 Å². The van der Waals surface area contributed by atoms with Crippen molar-refractivity contribution in [3.63, 3.8) is 0 Å². The molecule has 1 aliphatic rings. The van der Waals surface area contributed by atoms with Gasteiger partial charge in [0.1, 0.15) is 6.61 Å². The third-order valence-corrected chi connectivity index (χ3v) is 2.52. The molecule has 0 aromatic heterocycles. The lowest BCUT2D eigenvalue weighted by molar-refractivity contribution is 0.0817. The Bertz CT molecular complexity index is 193. The van der Waals surface area contributed by atoms with Crippen molar-refractivity contribution in [3.8, 4) is 0 Å². The van der Waals surface area contributed by atoms with Crippen LogP contribution in [0.4, 0.5) is 4.79 Å². The van der Waals surface area contributed by atoms with E-state index in [4.69, 9.17) is 4.74 Å². The molecule has 0 atom stereocenters. The summed E-state index contributed by atoms with van der Waals surface area (Å²) in [5, 5.41) is 0. The van der Waals surface area contributed by atoms with Gasteiger partial charge in [0, 0.05) is 0 Å². The molecular formula is C11H18O3. The minimum atomic E-state index is -0.613. The lowest BCUT2D eigenvalue weighted by Crippen LogP contribution is -2.05. The van der Waals surface area contributed by atoms with Gasteiger partial charge >= 0.3 is 6.16 Å². The summed E-state index contributed by atoms with van der Waals surface area (Å²) in [5.74, 6) is 0.685. The number of allylic oxidation sites excluding steroid dienone is 1. The zero-order valence-corrected chi connectivity index (χ0v) is 8.70. The van der Waals surface area contributed by atoms with Crippen LogP contribution in [0, 0.1) is 5.92 Å². The molecule has 1 saturated carbocycles. The molecular weight excluding hydrogens is 180 g/mol. The Labute approximate surface area is 85.1 Å². The molecule has 0 heterocycles. The average molecular weight is 198 g/mol. The molecule has 3 nitrogen and oxygen atoms in total. The van der Waals surface area contributed by atoms with Gasteiger partial charge in [-0.05, 0) is 18.8 Å². The predicted molar refractivity (Wildman–Crippen MR) is 54.1 cm³/mol. The van der Waals surface area contributed by atoms with E-state index in [2.05, 4.69) is 10.8 Å². The maximum absolute atomic E-state index is 10.6. The van der Waals surface area contributed by atoms with Crippen LogP contribution in [0.1, 0.15) is 32.1 Å². The molecule has 0 spiro atoms. The molecule has 0 N–H and O–H groups in total. The summed E-state index contributed by atoms with van der Waals surface area (Å²) in [6.45, 7) is 0.323. The SMILES string of the molecule is COC(=O)OC/C=C/C1CCCCC1. The molecule has 0 aromatic rings. The Morgan fingerprint density at radius 1 is 1.36 bits per heavy atom. The molecule has 0 aromatic carbocycles. The van der Waals surface area contributed by atoms with E-state index >= 15 is 0 Å². The number of hydrogen-bond donors (Lipinski definition) is 0. The second-order valence-electron chi connectivity index (χ2n) is 3.59. The van der Waals surface area contributed by atoms with E-state index in [1.54, 1.807) is 0 Å². The molecule has 0 radical (unpaired) electrons. The van der Waals surface area contributed by atoms with Crippen LogP contribution in [0.15, 0.2) is 12.2 Å². The molecule has 0 amide bonds. The number of carbonyl (C=O) groups excluding carboxylic acids is 1. The molecule has 1 aliphatic carbocycles. The number of ether oxygens (including phenoxy) is 2. The van der Waals surface area contributed by atoms with E-state index in [1.807, 2.05) is 6.08 Å². The third kappa shape index (κ3) is 4.30. The van der Waals surface area contributed by atoms with E-state index in [0.717, 1.165) is 0 Å². The fraction of sp³-hybridized carbons (Fsp3) is 0.727. The summed E-state index contributed by atoms with van der Waals surface area (Å²) in [5.41, 5.74) is 0. The quantitative estimate of drug-likeness (QED) is 0.516. The Balaban J connectivity index is 2.09. The molecule has 14 heavy (non-hydrogen) atoms. The first-order valence-electron chi connectivity index (χ1n) is 5.20. The number of carbonyl (C=O) groups is 1. The van der Waals surface area contributed by atoms with Crippen LogP contribution < -0.4 is 0 Å². The van der Waals surface area contributed by atoms with Gasteiger partial charge in [-0.3, -0.25) is 0 Å². The Morgan fingerprint density at radius 3 is 2.71 bits per heavy atom. The van der Waals surface area contributed by atoms with Crippen LogP contribution in [0.25, 0.3) is 0 Å². The lowest BCUT2D eigenvalue weighted by atomic mass is 9.89. The van der Waals surface area contributed by atoms with E-state index < -0.39 is 6.16 Å². The molecule has 0 bridgehead atoms. The maximum atomic E-state index is 10.6. The average Bonchev–Trinajstić information content (AvgIpc) is 2.25. The summed E-state index contributed by atoms with van der Waals surface area (Å²) in [4.78, 5) is 10.6. The maximum Gasteiger partial charge on any atom is 0.508 e. The van der Waals surface area contributed by atoms with Crippen molar-refractivity contribution in [2.75, 3.05) is 13.7 Å². The van der Waals surface area contributed by atoms with Gasteiger partial charge in [-0.2, -0.15) is 0 Å². The van der Waals surface area contributed by atoms with Crippen molar-refractivity contribution in [1.82, 2.24) is 0 Å². The smallest absolute Gasteiger partial charge is 0.438 e. The summed E-state index contributed by atoms with van der Waals surface area (Å²) < 4.78 is 9.08. The van der Waals surface area contributed by atoms with Crippen LogP contribution in [0.2, 0.25) is 0 Å². The molecule has 1 rings (SSSR count). The van der Waals surface area contributed by atoms with Crippen LogP contribution in [0.3, 0.4) is 0 Å². The topological polar surface area (TPSA) is 35.5 Å². The molecule has 1 fully saturated rings. The van der Waals surface area contributed by atoms with E-state index in [9.17, 15) is 4.79 Å². The van der Waals surface area contributed by atoms with E-state index in [-0.39, 0.29) is 0 Å². The van der Waals surface area contributed by atoms with Crippen molar-refractivity contribution >= 4 is 6.16 Å². The van der Waals surface area contributed by atoms with Gasteiger partial charge in [0.05, 0.1) is 7.11 Å². The highest BCUT2D eigenvalue weighted by atomic mass is 16.7. The Hall–Kier alpha value is -0.990. The van der Waals surface area contributed by atoms with E-state index in [1.165, 1.54) is 39.2 Å². The highest BCUT2D eigenvalue weighted by Gasteiger charge is 2.09. The monoisotopic (exact) mass is 198 g/mol. The van der Waals surface area contributed by atoms with Crippen molar-refractivity contribution in [3.05, 3.63) is 12.2 Å². The Morgan fingerprint density at radius 2 is 2.07 bits per heavy atom. The minimum absolute atomic E-state index is 0.323. The minimum Gasteiger partial charge on any atom is -0.438 e. The molecule has 0 saturated heterocycles. The largest absolute Gasteiger partial charge is 0.508 e. The molecule has 80 valence electrons. The third-order valence-electron chi connectivity index (χ3n) is 2.52. The van der Waals surface area contributed by atoms with Crippen LogP contribution in [-0.2, 0) is 9.47 Å². The van der Waals surface area contributed by atoms with Crippen LogP contribution in [0.5, 0.6) is 0 Å². The molecule has 3 heteroatoms. The number of hydrogen-bond acceptors (Lipinski definition) is 3. The lowest BCUT2D eigenvalue weighted by Gasteiger charge is -2.17. The summed E-state index contributed by atoms with van der Waals surface area (Å²) in [6, 6.07) is 0. The second-order valence-corrected chi connectivity index (χ2v) is 3.59. The number of methoxy groups -OCH3 is 1. The second kappa shape index (κ2) is 6.46. The first-order valence-corrected chi connectivity index (χ1v) is 5.20. The standard InChI is InChI=1S/C11H18O3/c1-13-11(12)14-9-5-8-10-6-3-2-4-7-10/h5,8,10H,2-4,6-7,9H2,1H3/b8-5+. The van der Waals surface area contributed by atoms with Gasteiger partial charge in [0.15, 0.2) is 0 Å². The normalized spacial score (nSPS) is 18.4. The fourth-order valence-corrected chi connectivity index (χ4v) is 1.75. The highest BCUT2D eigenvalue weighted by Crippen LogP contribution is 2.24. The van der Waals surface area contributed by atoms with Gasteiger partial charge < -0.3 is 9.47 Å². The Kier molecular flexibility index (Phi) is 5.12. The number of rotatable bonds is 3. The summed E-state index contributed by atoms with van der Waals surface area (Å²) >= 11 is 0. The molecule has 0 unspecified atom stereocenters. The van der Waals surface area contributed by atoms with Gasteiger partial charge in [0.25, 0.3) is 0 Å². The first kappa shape index (κ1) is 11.1. The van der Waals surface area contributed by atoms with Crippen molar-refractivity contribution in [2.24, 2.45) is 5.92 Å². The first-order chi connectivity index (χ1) is 6.83. The summed E-state index contributed by atoms with van der Waals surface area (Å²) in [7, 11) is 1.31. The van der Waals surface area contributed by atoms with Gasteiger partial charge in [0.2, 0.25) is 0 Å². The predicted octanol–water partition coefficient (Wildman–Crippen LogP) is 2.91. The van der Waals surface area contributed by atoms with Crippen molar-refractivity contribution < 1.29 is 14.3 Å². The van der Waals surface area contributed by atoms with Crippen LogP contribution in [-0.4, -0.2) is 19.9 Å². The van der Waals surface area contributed by atoms with E-state index in [0.29, 0.717) is 12.5 Å². The highest BCUT2D eigenvalue weighted by molar-refractivity contribution is 5.59. The zero-order chi connectivity index (χ0) is 10.2. The van der Waals surface area contributed by atoms with Crippen LogP contribution >= 0.6 is 0 Å². The van der Waals surface area contributed by atoms with Gasteiger partial charge in [-0.1, -0.05) is 31.4 Å². The van der Waals surface area contributed by atoms with Gasteiger partial charge in [-0.15, -0.1) is 0 Å². The zero-order valence-electron chi connectivity index (χ0n) is 8.70. The summed E-state index contributed by atoms with van der Waals surface area (Å²) in [6.07, 6.45) is 10.0. The fourth-order valence-electron chi connectivity index (χ4n) is 1.75.